The van der Waals surface area contributed by atoms with Crippen molar-refractivity contribution in [3.63, 3.8) is 0 Å². The Morgan fingerprint density at radius 2 is 2.00 bits per heavy atom. The van der Waals surface area contributed by atoms with Gasteiger partial charge in [0.2, 0.25) is 5.91 Å². The molecule has 94 valence electrons. The van der Waals surface area contributed by atoms with Crippen molar-refractivity contribution in [2.24, 2.45) is 0 Å². The van der Waals surface area contributed by atoms with E-state index in [4.69, 9.17) is 4.42 Å². The lowest BCUT2D eigenvalue weighted by atomic mass is 10.2. The van der Waals surface area contributed by atoms with Crippen LogP contribution in [0.2, 0.25) is 0 Å². The van der Waals surface area contributed by atoms with Crippen molar-refractivity contribution in [1.29, 1.82) is 0 Å². The van der Waals surface area contributed by atoms with Crippen molar-refractivity contribution in [3.05, 3.63) is 54.5 Å². The van der Waals surface area contributed by atoms with Gasteiger partial charge in [-0.25, -0.2) is 0 Å². The van der Waals surface area contributed by atoms with Gasteiger partial charge in [0.15, 0.2) is 0 Å². The topological polar surface area (TPSA) is 54.3 Å². The molecule has 1 unspecified atom stereocenters. The van der Waals surface area contributed by atoms with E-state index in [1.165, 1.54) is 0 Å². The molecule has 2 rings (SSSR count). The number of para-hydroxylation sites is 1. The van der Waals surface area contributed by atoms with Crippen LogP contribution in [0.3, 0.4) is 0 Å². The molecule has 0 saturated heterocycles. The lowest BCUT2D eigenvalue weighted by Gasteiger charge is -2.14. The van der Waals surface area contributed by atoms with Crippen LogP contribution in [0, 0.1) is 0 Å². The Bertz CT molecular complexity index is 480. The first kappa shape index (κ1) is 12.2. The van der Waals surface area contributed by atoms with Gasteiger partial charge < -0.3 is 15.1 Å². The Hall–Kier alpha value is -2.23. The van der Waals surface area contributed by atoms with Gasteiger partial charge in [-0.1, -0.05) is 18.2 Å². The summed E-state index contributed by atoms with van der Waals surface area (Å²) < 4.78 is 5.15. The average molecular weight is 244 g/mol. The van der Waals surface area contributed by atoms with Crippen LogP contribution in [0.1, 0.15) is 12.7 Å². The fourth-order valence-electron chi connectivity index (χ4n) is 1.59. The highest BCUT2D eigenvalue weighted by molar-refractivity contribution is 5.84. The molecule has 1 atom stereocenters. The third-order valence-corrected chi connectivity index (χ3v) is 2.57. The van der Waals surface area contributed by atoms with Crippen molar-refractivity contribution in [3.8, 4) is 0 Å². The summed E-state index contributed by atoms with van der Waals surface area (Å²) in [7, 11) is 0. The molecule has 18 heavy (non-hydrogen) atoms. The van der Waals surface area contributed by atoms with E-state index in [-0.39, 0.29) is 11.9 Å². The zero-order valence-electron chi connectivity index (χ0n) is 10.2. The maximum atomic E-state index is 11.8. The zero-order chi connectivity index (χ0) is 12.8. The molecular weight excluding hydrogens is 228 g/mol. The predicted octanol–water partition coefficient (Wildman–Crippen LogP) is 2.40. The van der Waals surface area contributed by atoms with Crippen molar-refractivity contribution in [2.45, 2.75) is 19.5 Å². The number of hydrogen-bond acceptors (Lipinski definition) is 3. The SMILES string of the molecule is CC(Nc1ccccc1)C(=O)NCc1ccco1. The number of anilines is 1. The monoisotopic (exact) mass is 244 g/mol. The maximum Gasteiger partial charge on any atom is 0.242 e. The molecule has 0 radical (unpaired) electrons. The molecular formula is C14H16N2O2. The molecule has 2 N–H and O–H groups in total. The Balaban J connectivity index is 1.82. The highest BCUT2D eigenvalue weighted by Crippen LogP contribution is 2.07. The lowest BCUT2D eigenvalue weighted by molar-refractivity contribution is -0.121. The molecule has 0 bridgehead atoms. The van der Waals surface area contributed by atoms with Gasteiger partial charge >= 0.3 is 0 Å². The second kappa shape index (κ2) is 5.91. The van der Waals surface area contributed by atoms with E-state index in [1.54, 1.807) is 12.3 Å². The van der Waals surface area contributed by atoms with Crippen LogP contribution in [0.25, 0.3) is 0 Å². The Kier molecular flexibility index (Phi) is 4.02. The molecule has 0 spiro atoms. The Morgan fingerprint density at radius 3 is 2.67 bits per heavy atom. The number of carbonyl (C=O) groups excluding carboxylic acids is 1. The molecule has 0 aliphatic rings. The van der Waals surface area contributed by atoms with Gasteiger partial charge in [0, 0.05) is 5.69 Å². The number of amides is 1. The summed E-state index contributed by atoms with van der Waals surface area (Å²) in [6, 6.07) is 13.0. The summed E-state index contributed by atoms with van der Waals surface area (Å²) in [6.07, 6.45) is 1.59. The van der Waals surface area contributed by atoms with E-state index < -0.39 is 0 Å². The van der Waals surface area contributed by atoms with Gasteiger partial charge in [-0.05, 0) is 31.2 Å². The molecule has 0 aliphatic heterocycles. The number of rotatable bonds is 5. The molecule has 0 fully saturated rings. The van der Waals surface area contributed by atoms with Gasteiger partial charge in [-0.3, -0.25) is 4.79 Å². The van der Waals surface area contributed by atoms with Gasteiger partial charge in [-0.2, -0.15) is 0 Å². The summed E-state index contributed by atoms with van der Waals surface area (Å²) in [6.45, 7) is 2.23. The average Bonchev–Trinajstić information content (AvgIpc) is 2.90. The van der Waals surface area contributed by atoms with E-state index in [0.717, 1.165) is 11.4 Å². The first-order valence-electron chi connectivity index (χ1n) is 5.87. The lowest BCUT2D eigenvalue weighted by Crippen LogP contribution is -2.37. The fourth-order valence-corrected chi connectivity index (χ4v) is 1.59. The first-order chi connectivity index (χ1) is 8.75. The number of carbonyl (C=O) groups is 1. The van der Waals surface area contributed by atoms with Gasteiger partial charge in [-0.15, -0.1) is 0 Å². The normalized spacial score (nSPS) is 11.8. The first-order valence-corrected chi connectivity index (χ1v) is 5.87. The number of nitrogens with one attached hydrogen (secondary N) is 2. The van der Waals surface area contributed by atoms with Crippen LogP contribution in [-0.4, -0.2) is 11.9 Å². The van der Waals surface area contributed by atoms with E-state index in [1.807, 2.05) is 43.3 Å². The van der Waals surface area contributed by atoms with Crippen LogP contribution in [-0.2, 0) is 11.3 Å². The van der Waals surface area contributed by atoms with Crippen LogP contribution in [0.4, 0.5) is 5.69 Å². The summed E-state index contributed by atoms with van der Waals surface area (Å²) in [5.74, 6) is 0.686. The largest absolute Gasteiger partial charge is 0.467 e. The Labute approximate surface area is 106 Å². The van der Waals surface area contributed by atoms with Crippen molar-refractivity contribution >= 4 is 11.6 Å². The molecule has 0 saturated carbocycles. The molecule has 4 heteroatoms. The van der Waals surface area contributed by atoms with E-state index >= 15 is 0 Å². The minimum atomic E-state index is -0.289. The van der Waals surface area contributed by atoms with Gasteiger partial charge in [0.05, 0.1) is 12.8 Å². The van der Waals surface area contributed by atoms with E-state index in [2.05, 4.69) is 10.6 Å². The molecule has 0 aliphatic carbocycles. The van der Waals surface area contributed by atoms with Crippen LogP contribution in [0.15, 0.2) is 53.1 Å². The van der Waals surface area contributed by atoms with Crippen LogP contribution in [0.5, 0.6) is 0 Å². The molecule has 1 aromatic carbocycles. The van der Waals surface area contributed by atoms with Crippen molar-refractivity contribution in [1.82, 2.24) is 5.32 Å². The maximum absolute atomic E-state index is 11.8. The second-order valence-electron chi connectivity index (χ2n) is 4.03. The summed E-state index contributed by atoms with van der Waals surface area (Å²) in [5, 5.41) is 5.94. The summed E-state index contributed by atoms with van der Waals surface area (Å²) in [5.41, 5.74) is 0.929. The third kappa shape index (κ3) is 3.38. The summed E-state index contributed by atoms with van der Waals surface area (Å²) >= 11 is 0. The minimum absolute atomic E-state index is 0.0600. The predicted molar refractivity (Wildman–Crippen MR) is 70.1 cm³/mol. The highest BCUT2D eigenvalue weighted by Gasteiger charge is 2.12. The number of furan rings is 1. The minimum Gasteiger partial charge on any atom is -0.467 e. The zero-order valence-corrected chi connectivity index (χ0v) is 10.2. The molecule has 1 aromatic heterocycles. The Morgan fingerprint density at radius 1 is 1.22 bits per heavy atom. The molecule has 1 heterocycles. The fraction of sp³-hybridized carbons (Fsp3) is 0.214. The molecule has 1 amide bonds. The standard InChI is InChI=1S/C14H16N2O2/c1-11(16-12-6-3-2-4-7-12)14(17)15-10-13-8-5-9-18-13/h2-9,11,16H,10H2,1H3,(H,15,17). The second-order valence-corrected chi connectivity index (χ2v) is 4.03. The number of benzene rings is 1. The highest BCUT2D eigenvalue weighted by atomic mass is 16.3. The molecule has 2 aromatic rings. The third-order valence-electron chi connectivity index (χ3n) is 2.57. The van der Waals surface area contributed by atoms with Crippen molar-refractivity contribution in [2.75, 3.05) is 5.32 Å². The van der Waals surface area contributed by atoms with Gasteiger partial charge in [0.25, 0.3) is 0 Å². The quantitative estimate of drug-likeness (QED) is 0.849. The number of hydrogen-bond donors (Lipinski definition) is 2. The smallest absolute Gasteiger partial charge is 0.242 e. The van der Waals surface area contributed by atoms with Crippen molar-refractivity contribution < 1.29 is 9.21 Å². The van der Waals surface area contributed by atoms with E-state index in [9.17, 15) is 4.79 Å². The van der Waals surface area contributed by atoms with E-state index in [0.29, 0.717) is 6.54 Å². The van der Waals surface area contributed by atoms with Crippen LogP contribution >= 0.6 is 0 Å². The van der Waals surface area contributed by atoms with Gasteiger partial charge in [0.1, 0.15) is 11.8 Å². The summed E-state index contributed by atoms with van der Waals surface area (Å²) in [4.78, 5) is 11.8. The van der Waals surface area contributed by atoms with Crippen LogP contribution < -0.4 is 10.6 Å². The molecule has 4 nitrogen and oxygen atoms in total.